The van der Waals surface area contributed by atoms with Crippen LogP contribution in [-0.2, 0) is 0 Å². The van der Waals surface area contributed by atoms with Gasteiger partial charge < -0.3 is 16.4 Å². The van der Waals surface area contributed by atoms with Gasteiger partial charge in [0.15, 0.2) is 0 Å². The van der Waals surface area contributed by atoms with E-state index in [2.05, 4.69) is 10.6 Å². The molecule has 0 saturated carbocycles. The number of urea groups is 1. The molecule has 6 heteroatoms. The number of nitrogens with one attached hydrogen (secondary N) is 2. The smallest absolute Gasteiger partial charge is 0.316 e. The van der Waals surface area contributed by atoms with Crippen molar-refractivity contribution in [1.82, 2.24) is 5.32 Å². The molecule has 1 atom stereocenters. The molecule has 4 N–H and O–H groups in total. The monoisotopic (exact) mass is 317 g/mol. The summed E-state index contributed by atoms with van der Waals surface area (Å²) in [6, 6.07) is 13.0. The van der Waals surface area contributed by atoms with E-state index in [9.17, 15) is 9.59 Å². The topological polar surface area (TPSA) is 84.2 Å². The number of hydrogen-bond acceptors (Lipinski definition) is 2. The maximum atomic E-state index is 12.1. The highest BCUT2D eigenvalue weighted by Crippen LogP contribution is 2.17. The molecule has 0 spiro atoms. The summed E-state index contributed by atoms with van der Waals surface area (Å²) in [6.07, 6.45) is 0. The van der Waals surface area contributed by atoms with Gasteiger partial charge in [0.05, 0.1) is 6.04 Å². The fourth-order valence-electron chi connectivity index (χ4n) is 1.96. The second-order valence-corrected chi connectivity index (χ2v) is 5.25. The third kappa shape index (κ3) is 4.23. The van der Waals surface area contributed by atoms with Crippen molar-refractivity contribution in [3.8, 4) is 0 Å². The van der Waals surface area contributed by atoms with Gasteiger partial charge in [0.1, 0.15) is 0 Å². The van der Waals surface area contributed by atoms with E-state index in [1.165, 1.54) is 0 Å². The quantitative estimate of drug-likeness (QED) is 0.808. The van der Waals surface area contributed by atoms with Crippen LogP contribution >= 0.6 is 11.6 Å². The van der Waals surface area contributed by atoms with Crippen molar-refractivity contribution >= 4 is 29.2 Å². The molecule has 2 aromatic carbocycles. The Morgan fingerprint density at radius 3 is 2.18 bits per heavy atom. The molecule has 2 aromatic rings. The second-order valence-electron chi connectivity index (χ2n) is 4.81. The third-order valence-electron chi connectivity index (χ3n) is 3.13. The number of rotatable bonds is 4. The Balaban J connectivity index is 2.02. The van der Waals surface area contributed by atoms with Crippen molar-refractivity contribution < 1.29 is 9.59 Å². The normalized spacial score (nSPS) is 11.5. The number of anilines is 1. The van der Waals surface area contributed by atoms with Gasteiger partial charge in [-0.15, -0.1) is 0 Å². The van der Waals surface area contributed by atoms with Crippen molar-refractivity contribution in [2.75, 3.05) is 5.32 Å². The van der Waals surface area contributed by atoms with Gasteiger partial charge >= 0.3 is 6.03 Å². The average molecular weight is 318 g/mol. The lowest BCUT2D eigenvalue weighted by molar-refractivity contribution is 0.0940. The van der Waals surface area contributed by atoms with E-state index >= 15 is 0 Å². The first-order valence-corrected chi connectivity index (χ1v) is 7.06. The predicted molar refractivity (Wildman–Crippen MR) is 87.0 cm³/mol. The molecule has 0 aliphatic heterocycles. The van der Waals surface area contributed by atoms with Crippen LogP contribution < -0.4 is 16.4 Å². The molecule has 2 rings (SSSR count). The van der Waals surface area contributed by atoms with Crippen molar-refractivity contribution in [2.24, 2.45) is 5.73 Å². The summed E-state index contributed by atoms with van der Waals surface area (Å²) in [7, 11) is 0. The number of halogens is 1. The Bertz CT molecular complexity index is 669. The Labute approximate surface area is 133 Å². The fourth-order valence-corrected chi connectivity index (χ4v) is 2.09. The van der Waals surface area contributed by atoms with Gasteiger partial charge in [0, 0.05) is 16.3 Å². The number of nitrogens with two attached hydrogens (primary N) is 1. The average Bonchev–Trinajstić information content (AvgIpc) is 2.48. The van der Waals surface area contributed by atoms with Crippen molar-refractivity contribution in [3.05, 3.63) is 64.7 Å². The zero-order chi connectivity index (χ0) is 16.1. The Kier molecular flexibility index (Phi) is 5.01. The molecule has 0 bridgehead atoms. The number of benzene rings is 2. The van der Waals surface area contributed by atoms with Crippen LogP contribution in [0.4, 0.5) is 10.5 Å². The summed E-state index contributed by atoms with van der Waals surface area (Å²) in [6.45, 7) is 1.88. The summed E-state index contributed by atoms with van der Waals surface area (Å²) in [4.78, 5) is 22.9. The van der Waals surface area contributed by atoms with Crippen LogP contribution in [0.3, 0.4) is 0 Å². The van der Waals surface area contributed by atoms with Crippen molar-refractivity contribution in [2.45, 2.75) is 13.0 Å². The van der Waals surface area contributed by atoms with E-state index in [1.54, 1.807) is 36.4 Å². The molecule has 0 saturated heterocycles. The second kappa shape index (κ2) is 6.95. The molecule has 0 aliphatic carbocycles. The van der Waals surface area contributed by atoms with E-state index in [-0.39, 0.29) is 11.9 Å². The maximum absolute atomic E-state index is 12.1. The molecular formula is C16H16ClN3O2. The van der Waals surface area contributed by atoms with Gasteiger partial charge in [-0.2, -0.15) is 0 Å². The SMILES string of the molecule is CC(NC(=O)c1ccc(Cl)cc1)c1ccc(NC(N)=O)cc1. The van der Waals surface area contributed by atoms with Gasteiger partial charge in [-0.25, -0.2) is 4.79 Å². The first-order valence-electron chi connectivity index (χ1n) is 6.68. The number of carbonyl (C=O) groups excluding carboxylic acids is 2. The minimum Gasteiger partial charge on any atom is -0.351 e. The molecule has 0 heterocycles. The Morgan fingerprint density at radius 1 is 1.05 bits per heavy atom. The lowest BCUT2D eigenvalue weighted by Gasteiger charge is -2.15. The Hall–Kier alpha value is -2.53. The van der Waals surface area contributed by atoms with Crippen LogP contribution in [0.1, 0.15) is 28.9 Å². The standard InChI is InChI=1S/C16H16ClN3O2/c1-10(11-4-8-14(9-5-11)20-16(18)22)19-15(21)12-2-6-13(17)7-3-12/h2-10H,1H3,(H,19,21)(H3,18,20,22). The lowest BCUT2D eigenvalue weighted by Crippen LogP contribution is -2.26. The lowest BCUT2D eigenvalue weighted by atomic mass is 10.1. The summed E-state index contributed by atoms with van der Waals surface area (Å²) in [5, 5.41) is 5.97. The first kappa shape index (κ1) is 15.9. The van der Waals surface area contributed by atoms with Crippen LogP contribution in [0.2, 0.25) is 5.02 Å². The minimum atomic E-state index is -0.614. The van der Waals surface area contributed by atoms with E-state index in [4.69, 9.17) is 17.3 Å². The number of carbonyl (C=O) groups is 2. The Morgan fingerprint density at radius 2 is 1.64 bits per heavy atom. The summed E-state index contributed by atoms with van der Waals surface area (Å²) >= 11 is 5.80. The van der Waals surface area contributed by atoms with Gasteiger partial charge in [0.25, 0.3) is 5.91 Å². The molecule has 0 aliphatic rings. The molecule has 0 aromatic heterocycles. The number of primary amides is 1. The van der Waals surface area contributed by atoms with Gasteiger partial charge in [-0.3, -0.25) is 4.79 Å². The molecule has 0 radical (unpaired) electrons. The van der Waals surface area contributed by atoms with Crippen LogP contribution in [0, 0.1) is 0 Å². The summed E-state index contributed by atoms with van der Waals surface area (Å²) in [5.41, 5.74) is 7.11. The van der Waals surface area contributed by atoms with Gasteiger partial charge in [-0.05, 0) is 48.9 Å². The largest absolute Gasteiger partial charge is 0.351 e. The molecule has 5 nitrogen and oxygen atoms in total. The molecule has 114 valence electrons. The van der Waals surface area contributed by atoms with E-state index < -0.39 is 6.03 Å². The van der Waals surface area contributed by atoms with E-state index in [1.807, 2.05) is 19.1 Å². The highest BCUT2D eigenvalue weighted by molar-refractivity contribution is 6.30. The van der Waals surface area contributed by atoms with Gasteiger partial charge in [-0.1, -0.05) is 23.7 Å². The fraction of sp³-hybridized carbons (Fsp3) is 0.125. The van der Waals surface area contributed by atoms with Gasteiger partial charge in [0.2, 0.25) is 0 Å². The van der Waals surface area contributed by atoms with Crippen LogP contribution in [-0.4, -0.2) is 11.9 Å². The molecule has 3 amide bonds. The highest BCUT2D eigenvalue weighted by atomic mass is 35.5. The van der Waals surface area contributed by atoms with Crippen molar-refractivity contribution in [3.63, 3.8) is 0 Å². The first-order chi connectivity index (χ1) is 10.5. The molecule has 22 heavy (non-hydrogen) atoms. The van der Waals surface area contributed by atoms with Crippen LogP contribution in [0.15, 0.2) is 48.5 Å². The summed E-state index contributed by atoms with van der Waals surface area (Å²) < 4.78 is 0. The number of hydrogen-bond donors (Lipinski definition) is 3. The predicted octanol–water partition coefficient (Wildman–Crippen LogP) is 3.32. The van der Waals surface area contributed by atoms with Crippen molar-refractivity contribution in [1.29, 1.82) is 0 Å². The molecule has 1 unspecified atom stereocenters. The van der Waals surface area contributed by atoms with E-state index in [0.717, 1.165) is 5.56 Å². The number of amides is 3. The molecule has 0 fully saturated rings. The van der Waals surface area contributed by atoms with Crippen LogP contribution in [0.25, 0.3) is 0 Å². The third-order valence-corrected chi connectivity index (χ3v) is 3.38. The zero-order valence-corrected chi connectivity index (χ0v) is 12.7. The maximum Gasteiger partial charge on any atom is 0.316 e. The minimum absolute atomic E-state index is 0.175. The molecular weight excluding hydrogens is 302 g/mol. The zero-order valence-electron chi connectivity index (χ0n) is 12.0. The highest BCUT2D eigenvalue weighted by Gasteiger charge is 2.11. The summed E-state index contributed by atoms with van der Waals surface area (Å²) in [5.74, 6) is -0.177. The van der Waals surface area contributed by atoms with Crippen LogP contribution in [0.5, 0.6) is 0 Å². The van der Waals surface area contributed by atoms with E-state index in [0.29, 0.717) is 16.3 Å².